The molecule has 0 saturated carbocycles. The quantitative estimate of drug-likeness (QED) is 0.427. The van der Waals surface area contributed by atoms with Crippen molar-refractivity contribution in [1.29, 1.82) is 0 Å². The molecule has 0 bridgehead atoms. The highest BCUT2D eigenvalue weighted by Gasteiger charge is 2.21. The number of non-ortho nitro benzene ring substituents is 2. The third kappa shape index (κ3) is 4.69. The molecule has 1 heterocycles. The molecular formula is C13H16N3O7+. The standard InChI is InChI=1S/C13H15N3O7/c17-13(23-6-3-14-1-4-22-5-2-14)10-7-11(15(18)19)9-12(8-10)16(20)21/h7-9H,1-6H2/p+1. The topological polar surface area (TPSA) is 126 Å². The van der Waals surface area contributed by atoms with Crippen molar-refractivity contribution in [2.75, 3.05) is 39.5 Å². The smallest absolute Gasteiger partial charge is 0.338 e. The number of rotatable bonds is 6. The van der Waals surface area contributed by atoms with E-state index in [1.165, 1.54) is 4.90 Å². The molecule has 0 amide bonds. The van der Waals surface area contributed by atoms with Crippen LogP contribution in [-0.2, 0) is 9.47 Å². The molecule has 1 aliphatic heterocycles. The molecule has 1 aliphatic rings. The van der Waals surface area contributed by atoms with Crippen molar-refractivity contribution in [3.05, 3.63) is 44.0 Å². The normalized spacial score (nSPS) is 15.1. The number of morpholine rings is 1. The van der Waals surface area contributed by atoms with Crippen LogP contribution in [0.1, 0.15) is 10.4 Å². The number of hydrogen-bond acceptors (Lipinski definition) is 7. The van der Waals surface area contributed by atoms with Gasteiger partial charge in [0.15, 0.2) is 0 Å². The lowest BCUT2D eigenvalue weighted by atomic mass is 10.2. The molecule has 1 fully saturated rings. The number of benzene rings is 1. The van der Waals surface area contributed by atoms with Crippen LogP contribution in [-0.4, -0.2) is 55.3 Å². The van der Waals surface area contributed by atoms with Gasteiger partial charge in [0.05, 0.1) is 34.7 Å². The van der Waals surface area contributed by atoms with Crippen molar-refractivity contribution in [2.24, 2.45) is 0 Å². The predicted molar refractivity (Wildman–Crippen MR) is 76.4 cm³/mol. The number of carbonyl (C=O) groups excluding carboxylic acids is 1. The summed E-state index contributed by atoms with van der Waals surface area (Å²) >= 11 is 0. The number of nitrogens with one attached hydrogen (secondary N) is 1. The van der Waals surface area contributed by atoms with Crippen LogP contribution in [0.25, 0.3) is 0 Å². The minimum atomic E-state index is -0.815. The Hall–Kier alpha value is -2.59. The van der Waals surface area contributed by atoms with Crippen LogP contribution >= 0.6 is 0 Å². The van der Waals surface area contributed by atoms with Crippen molar-refractivity contribution in [1.82, 2.24) is 0 Å². The van der Waals surface area contributed by atoms with Gasteiger partial charge in [0.1, 0.15) is 26.2 Å². The van der Waals surface area contributed by atoms with Gasteiger partial charge >= 0.3 is 5.97 Å². The highest BCUT2D eigenvalue weighted by molar-refractivity contribution is 5.91. The summed E-state index contributed by atoms with van der Waals surface area (Å²) in [6.07, 6.45) is 0. The Morgan fingerprint density at radius 3 is 2.22 bits per heavy atom. The van der Waals surface area contributed by atoms with Gasteiger partial charge < -0.3 is 14.4 Å². The fourth-order valence-corrected chi connectivity index (χ4v) is 2.21. The van der Waals surface area contributed by atoms with Gasteiger partial charge in [0.25, 0.3) is 11.4 Å². The van der Waals surface area contributed by atoms with E-state index in [2.05, 4.69) is 0 Å². The van der Waals surface area contributed by atoms with Gasteiger partial charge in [-0.25, -0.2) is 4.79 Å². The first-order chi connectivity index (χ1) is 11.0. The third-order valence-corrected chi connectivity index (χ3v) is 3.45. The lowest BCUT2D eigenvalue weighted by molar-refractivity contribution is -0.908. The van der Waals surface area contributed by atoms with Gasteiger partial charge in [-0.15, -0.1) is 0 Å². The fraction of sp³-hybridized carbons (Fsp3) is 0.462. The lowest BCUT2D eigenvalue weighted by Gasteiger charge is -2.23. The first kappa shape index (κ1) is 16.8. The number of ether oxygens (including phenoxy) is 2. The van der Waals surface area contributed by atoms with Crippen LogP contribution in [0.4, 0.5) is 11.4 Å². The highest BCUT2D eigenvalue weighted by atomic mass is 16.6. The van der Waals surface area contributed by atoms with Crippen LogP contribution in [0, 0.1) is 20.2 Å². The van der Waals surface area contributed by atoms with Crippen LogP contribution in [0.3, 0.4) is 0 Å². The van der Waals surface area contributed by atoms with Gasteiger partial charge in [-0.3, -0.25) is 20.2 Å². The van der Waals surface area contributed by atoms with Crippen LogP contribution in [0.15, 0.2) is 18.2 Å². The van der Waals surface area contributed by atoms with Crippen LogP contribution < -0.4 is 4.90 Å². The number of quaternary nitrogens is 1. The molecule has 1 aromatic carbocycles. The van der Waals surface area contributed by atoms with Gasteiger partial charge in [0.2, 0.25) is 0 Å². The van der Waals surface area contributed by atoms with E-state index in [0.717, 1.165) is 31.3 Å². The average molecular weight is 326 g/mol. The molecular weight excluding hydrogens is 310 g/mol. The first-order valence-electron chi connectivity index (χ1n) is 6.99. The molecule has 0 spiro atoms. The van der Waals surface area contributed by atoms with Crippen molar-refractivity contribution in [3.63, 3.8) is 0 Å². The Morgan fingerprint density at radius 2 is 1.70 bits per heavy atom. The van der Waals surface area contributed by atoms with E-state index in [-0.39, 0.29) is 12.2 Å². The van der Waals surface area contributed by atoms with Gasteiger partial charge in [-0.1, -0.05) is 0 Å². The summed E-state index contributed by atoms with van der Waals surface area (Å²) in [7, 11) is 0. The summed E-state index contributed by atoms with van der Waals surface area (Å²) in [5.74, 6) is -0.815. The summed E-state index contributed by atoms with van der Waals surface area (Å²) in [6.45, 7) is 3.66. The van der Waals surface area contributed by atoms with Gasteiger partial charge in [-0.05, 0) is 0 Å². The van der Waals surface area contributed by atoms with E-state index in [4.69, 9.17) is 9.47 Å². The van der Waals surface area contributed by atoms with Gasteiger partial charge in [0, 0.05) is 12.1 Å². The third-order valence-electron chi connectivity index (χ3n) is 3.45. The maximum absolute atomic E-state index is 11.9. The molecule has 0 radical (unpaired) electrons. The van der Waals surface area contributed by atoms with E-state index in [0.29, 0.717) is 19.8 Å². The van der Waals surface area contributed by atoms with Crippen molar-refractivity contribution < 1.29 is 29.0 Å². The number of nitrogens with zero attached hydrogens (tertiary/aromatic N) is 2. The summed E-state index contributed by atoms with van der Waals surface area (Å²) in [4.78, 5) is 33.2. The molecule has 10 heteroatoms. The Bertz CT molecular complexity index is 581. The van der Waals surface area contributed by atoms with E-state index in [9.17, 15) is 25.0 Å². The summed E-state index contributed by atoms with van der Waals surface area (Å²) in [6, 6.07) is 2.74. The number of nitro groups is 2. The molecule has 10 nitrogen and oxygen atoms in total. The molecule has 23 heavy (non-hydrogen) atoms. The number of esters is 1. The summed E-state index contributed by atoms with van der Waals surface area (Å²) in [5, 5.41) is 21.6. The Morgan fingerprint density at radius 1 is 1.13 bits per heavy atom. The molecule has 0 aromatic heterocycles. The predicted octanol–water partition coefficient (Wildman–Crippen LogP) is -0.425. The minimum Gasteiger partial charge on any atom is -0.456 e. The van der Waals surface area contributed by atoms with Crippen LogP contribution in [0.2, 0.25) is 0 Å². The second-order valence-electron chi connectivity index (χ2n) is 5.00. The Labute approximate surface area is 130 Å². The molecule has 124 valence electrons. The first-order valence-corrected chi connectivity index (χ1v) is 6.99. The Kier molecular flexibility index (Phi) is 5.55. The van der Waals surface area contributed by atoms with Crippen molar-refractivity contribution in [2.45, 2.75) is 0 Å². The zero-order valence-electron chi connectivity index (χ0n) is 12.2. The molecule has 2 rings (SSSR count). The minimum absolute atomic E-state index is 0.130. The second-order valence-corrected chi connectivity index (χ2v) is 5.00. The monoisotopic (exact) mass is 326 g/mol. The SMILES string of the molecule is O=C(OCC[NH+]1CCOCC1)c1cc([N+](=O)[O-])cc([N+](=O)[O-])c1. The average Bonchev–Trinajstić information content (AvgIpc) is 2.55. The molecule has 0 aliphatic carbocycles. The summed E-state index contributed by atoms with van der Waals surface area (Å²) in [5.41, 5.74) is -1.25. The maximum Gasteiger partial charge on any atom is 0.338 e. The number of nitro benzene ring substituents is 2. The highest BCUT2D eigenvalue weighted by Crippen LogP contribution is 2.23. The lowest BCUT2D eigenvalue weighted by Crippen LogP contribution is -3.14. The fourth-order valence-electron chi connectivity index (χ4n) is 2.21. The maximum atomic E-state index is 11.9. The second kappa shape index (κ2) is 7.61. The molecule has 1 saturated heterocycles. The Balaban J connectivity index is 2.00. The largest absolute Gasteiger partial charge is 0.456 e. The zero-order chi connectivity index (χ0) is 16.8. The van der Waals surface area contributed by atoms with E-state index < -0.39 is 27.2 Å². The van der Waals surface area contributed by atoms with Crippen molar-refractivity contribution in [3.8, 4) is 0 Å². The molecule has 1 N–H and O–H groups in total. The number of hydrogen-bond donors (Lipinski definition) is 1. The molecule has 0 unspecified atom stereocenters. The molecule has 1 aromatic rings. The van der Waals surface area contributed by atoms with Crippen molar-refractivity contribution >= 4 is 17.3 Å². The van der Waals surface area contributed by atoms with Crippen LogP contribution in [0.5, 0.6) is 0 Å². The number of carbonyl (C=O) groups is 1. The van der Waals surface area contributed by atoms with Gasteiger partial charge in [-0.2, -0.15) is 0 Å². The zero-order valence-corrected chi connectivity index (χ0v) is 12.2. The molecule has 0 atom stereocenters. The van der Waals surface area contributed by atoms with E-state index in [1.54, 1.807) is 0 Å². The van der Waals surface area contributed by atoms with E-state index in [1.807, 2.05) is 0 Å². The summed E-state index contributed by atoms with van der Waals surface area (Å²) < 4.78 is 10.3. The van der Waals surface area contributed by atoms with E-state index >= 15 is 0 Å².